The number of benzene rings is 1. The summed E-state index contributed by atoms with van der Waals surface area (Å²) in [6.45, 7) is 7.95. The van der Waals surface area contributed by atoms with E-state index in [0.29, 0.717) is 18.8 Å². The minimum atomic E-state index is -0.463. The fourth-order valence-electron chi connectivity index (χ4n) is 3.31. The van der Waals surface area contributed by atoms with Gasteiger partial charge in [-0.05, 0) is 19.4 Å². The zero-order chi connectivity index (χ0) is 19.4. The van der Waals surface area contributed by atoms with Gasteiger partial charge in [-0.15, -0.1) is 0 Å². The number of hydrogen-bond donors (Lipinski definition) is 0. The number of amides is 1. The molecule has 1 saturated heterocycles. The molecule has 1 aliphatic rings. The molecule has 0 atom stereocenters. The van der Waals surface area contributed by atoms with Crippen LogP contribution in [0.5, 0.6) is 0 Å². The fourth-order valence-corrected chi connectivity index (χ4v) is 3.31. The summed E-state index contributed by atoms with van der Waals surface area (Å²) < 4.78 is 6.40. The second-order valence-electron chi connectivity index (χ2n) is 6.82. The normalized spacial score (nSPS) is 15.0. The highest BCUT2D eigenvalue weighted by Crippen LogP contribution is 2.13. The molecule has 1 amide bonds. The van der Waals surface area contributed by atoms with E-state index in [9.17, 15) is 9.59 Å². The Labute approximate surface area is 159 Å². The topological polar surface area (TPSA) is 67.7 Å². The highest BCUT2D eigenvalue weighted by Gasteiger charge is 2.26. The number of esters is 1. The molecule has 7 heteroatoms. The van der Waals surface area contributed by atoms with Crippen molar-refractivity contribution >= 4 is 11.9 Å². The van der Waals surface area contributed by atoms with Gasteiger partial charge in [-0.1, -0.05) is 29.8 Å². The Morgan fingerprint density at radius 3 is 2.56 bits per heavy atom. The number of hydrogen-bond acceptors (Lipinski definition) is 5. The molecule has 144 valence electrons. The molecule has 0 unspecified atom stereocenters. The Hall–Kier alpha value is -2.67. The molecule has 1 fully saturated rings. The van der Waals surface area contributed by atoms with Crippen molar-refractivity contribution in [3.63, 3.8) is 0 Å². The molecule has 0 N–H and O–H groups in total. The zero-order valence-corrected chi connectivity index (χ0v) is 16.1. The molecule has 7 nitrogen and oxygen atoms in total. The number of piperazine rings is 1. The summed E-state index contributed by atoms with van der Waals surface area (Å²) in [4.78, 5) is 28.8. The largest absolute Gasteiger partial charge is 0.461 e. The predicted octanol–water partition coefficient (Wildman–Crippen LogP) is 1.86. The maximum atomic E-state index is 12.7. The molecule has 2 heterocycles. The van der Waals surface area contributed by atoms with Gasteiger partial charge in [0.05, 0.1) is 6.61 Å². The van der Waals surface area contributed by atoms with E-state index in [1.165, 1.54) is 21.9 Å². The van der Waals surface area contributed by atoms with Crippen LogP contribution in [0.1, 0.15) is 39.0 Å². The van der Waals surface area contributed by atoms with Crippen molar-refractivity contribution in [2.75, 3.05) is 32.8 Å². The molecule has 1 aromatic carbocycles. The SMILES string of the molecule is CCOC(=O)c1cc(C(=O)N2CCN(Cc3cccc(C)c3)CC2)nn1C. The van der Waals surface area contributed by atoms with E-state index in [2.05, 4.69) is 41.2 Å². The number of ether oxygens (including phenoxy) is 1. The second kappa shape index (κ2) is 8.35. The lowest BCUT2D eigenvalue weighted by atomic mass is 10.1. The van der Waals surface area contributed by atoms with Crippen molar-refractivity contribution in [2.24, 2.45) is 7.05 Å². The maximum Gasteiger partial charge on any atom is 0.356 e. The Balaban J connectivity index is 1.58. The van der Waals surface area contributed by atoms with E-state index in [1.54, 1.807) is 18.9 Å². The van der Waals surface area contributed by atoms with Crippen LogP contribution in [0.25, 0.3) is 0 Å². The molecule has 1 aromatic heterocycles. The number of aromatic nitrogens is 2. The average Bonchev–Trinajstić information content (AvgIpc) is 3.04. The summed E-state index contributed by atoms with van der Waals surface area (Å²) in [5.41, 5.74) is 3.12. The van der Waals surface area contributed by atoms with Crippen LogP contribution in [0.15, 0.2) is 30.3 Å². The highest BCUT2D eigenvalue weighted by molar-refractivity contribution is 5.96. The Morgan fingerprint density at radius 2 is 1.89 bits per heavy atom. The molecule has 0 radical (unpaired) electrons. The lowest BCUT2D eigenvalue weighted by Crippen LogP contribution is -2.48. The molecule has 0 spiro atoms. The van der Waals surface area contributed by atoms with Crippen LogP contribution in [0, 0.1) is 6.92 Å². The van der Waals surface area contributed by atoms with Gasteiger partial charge in [0, 0.05) is 45.8 Å². The minimum absolute atomic E-state index is 0.142. The molecule has 0 bridgehead atoms. The van der Waals surface area contributed by atoms with E-state index in [-0.39, 0.29) is 18.2 Å². The van der Waals surface area contributed by atoms with Crippen LogP contribution in [0.4, 0.5) is 0 Å². The third-order valence-corrected chi connectivity index (χ3v) is 4.73. The lowest BCUT2D eigenvalue weighted by Gasteiger charge is -2.34. The number of nitrogens with zero attached hydrogens (tertiary/aromatic N) is 4. The number of carbonyl (C=O) groups is 2. The van der Waals surface area contributed by atoms with Crippen molar-refractivity contribution in [1.29, 1.82) is 0 Å². The van der Waals surface area contributed by atoms with Gasteiger partial charge in [-0.25, -0.2) is 4.79 Å². The first-order valence-corrected chi connectivity index (χ1v) is 9.26. The molecule has 0 aliphatic carbocycles. The predicted molar refractivity (Wildman–Crippen MR) is 102 cm³/mol. The van der Waals surface area contributed by atoms with Gasteiger partial charge >= 0.3 is 5.97 Å². The molecule has 0 saturated carbocycles. The molecule has 2 aromatic rings. The van der Waals surface area contributed by atoms with Gasteiger partial charge in [-0.2, -0.15) is 5.10 Å². The van der Waals surface area contributed by atoms with Crippen LogP contribution in [-0.2, 0) is 18.3 Å². The summed E-state index contributed by atoms with van der Waals surface area (Å²) in [5, 5.41) is 4.20. The first-order chi connectivity index (χ1) is 13.0. The van der Waals surface area contributed by atoms with E-state index in [1.807, 2.05) is 0 Å². The van der Waals surface area contributed by atoms with Crippen LogP contribution >= 0.6 is 0 Å². The summed E-state index contributed by atoms with van der Waals surface area (Å²) in [6.07, 6.45) is 0. The number of aryl methyl sites for hydroxylation is 2. The smallest absolute Gasteiger partial charge is 0.356 e. The van der Waals surface area contributed by atoms with Crippen molar-refractivity contribution in [3.8, 4) is 0 Å². The van der Waals surface area contributed by atoms with E-state index in [4.69, 9.17) is 4.74 Å². The van der Waals surface area contributed by atoms with Gasteiger partial charge in [-0.3, -0.25) is 14.4 Å². The molecule has 3 rings (SSSR count). The zero-order valence-electron chi connectivity index (χ0n) is 16.1. The highest BCUT2D eigenvalue weighted by atomic mass is 16.5. The van der Waals surface area contributed by atoms with Gasteiger partial charge in [0.25, 0.3) is 5.91 Å². The molecule has 27 heavy (non-hydrogen) atoms. The van der Waals surface area contributed by atoms with Crippen molar-refractivity contribution in [2.45, 2.75) is 20.4 Å². The summed E-state index contributed by atoms with van der Waals surface area (Å²) in [6, 6.07) is 10.0. The average molecular weight is 370 g/mol. The van der Waals surface area contributed by atoms with Crippen molar-refractivity contribution in [3.05, 3.63) is 52.8 Å². The minimum Gasteiger partial charge on any atom is -0.461 e. The second-order valence-corrected chi connectivity index (χ2v) is 6.82. The van der Waals surface area contributed by atoms with E-state index < -0.39 is 5.97 Å². The monoisotopic (exact) mass is 370 g/mol. The van der Waals surface area contributed by atoms with Gasteiger partial charge in [0.1, 0.15) is 5.69 Å². The lowest BCUT2D eigenvalue weighted by molar-refractivity contribution is 0.0513. The standard InChI is InChI=1S/C20H26N4O3/c1-4-27-20(26)18-13-17(21-22(18)3)19(25)24-10-8-23(9-11-24)14-16-7-5-6-15(2)12-16/h5-7,12-13H,4,8-11,14H2,1-3H3. The first-order valence-electron chi connectivity index (χ1n) is 9.26. The van der Waals surface area contributed by atoms with E-state index >= 15 is 0 Å². The van der Waals surface area contributed by atoms with Crippen molar-refractivity contribution in [1.82, 2.24) is 19.6 Å². The van der Waals surface area contributed by atoms with Crippen LogP contribution < -0.4 is 0 Å². The van der Waals surface area contributed by atoms with Crippen molar-refractivity contribution < 1.29 is 14.3 Å². The van der Waals surface area contributed by atoms with Crippen LogP contribution in [0.3, 0.4) is 0 Å². The van der Waals surface area contributed by atoms with Crippen LogP contribution in [0.2, 0.25) is 0 Å². The van der Waals surface area contributed by atoms with Gasteiger partial charge in [0.2, 0.25) is 0 Å². The fraction of sp³-hybridized carbons (Fsp3) is 0.450. The summed E-state index contributed by atoms with van der Waals surface area (Å²) >= 11 is 0. The molecular formula is C20H26N4O3. The van der Waals surface area contributed by atoms with Crippen LogP contribution in [-0.4, -0.2) is 64.2 Å². The van der Waals surface area contributed by atoms with E-state index in [0.717, 1.165) is 19.6 Å². The third kappa shape index (κ3) is 4.54. The Morgan fingerprint density at radius 1 is 1.15 bits per heavy atom. The molecular weight excluding hydrogens is 344 g/mol. The quantitative estimate of drug-likeness (QED) is 0.752. The maximum absolute atomic E-state index is 12.7. The summed E-state index contributed by atoms with van der Waals surface area (Å²) in [5.74, 6) is -0.606. The first kappa shape index (κ1) is 19.1. The van der Waals surface area contributed by atoms with Gasteiger partial charge < -0.3 is 9.64 Å². The Kier molecular flexibility index (Phi) is 5.91. The molecule has 1 aliphatic heterocycles. The number of rotatable bonds is 5. The summed E-state index contributed by atoms with van der Waals surface area (Å²) in [7, 11) is 1.64. The Bertz CT molecular complexity index is 822. The number of carbonyl (C=O) groups excluding carboxylic acids is 2. The van der Waals surface area contributed by atoms with Gasteiger partial charge in [0.15, 0.2) is 5.69 Å². The third-order valence-electron chi connectivity index (χ3n) is 4.73.